The number of nitrogens with one attached hydrogen (secondary N) is 1. The van der Waals surface area contributed by atoms with E-state index in [-0.39, 0.29) is 5.91 Å². The maximum Gasteiger partial charge on any atom is 0.238 e. The zero-order chi connectivity index (χ0) is 17.2. The summed E-state index contributed by atoms with van der Waals surface area (Å²) >= 11 is 0. The van der Waals surface area contributed by atoms with E-state index in [1.165, 1.54) is 5.56 Å². The molecular formula is C18H30N2O3. The monoisotopic (exact) mass is 322 g/mol. The van der Waals surface area contributed by atoms with Crippen LogP contribution in [0.25, 0.3) is 0 Å². The first kappa shape index (κ1) is 19.6. The average Bonchev–Trinajstić information content (AvgIpc) is 2.51. The van der Waals surface area contributed by atoms with Gasteiger partial charge in [0.15, 0.2) is 0 Å². The van der Waals surface area contributed by atoms with Gasteiger partial charge in [0.1, 0.15) is 0 Å². The maximum atomic E-state index is 12.4. The molecule has 130 valence electrons. The molecule has 1 rings (SSSR count). The molecule has 0 aliphatic rings. The van der Waals surface area contributed by atoms with Crippen LogP contribution in [-0.4, -0.2) is 57.9 Å². The minimum Gasteiger partial charge on any atom is -0.383 e. The number of carbonyl (C=O) groups excluding carboxylic acids is 1. The fourth-order valence-electron chi connectivity index (χ4n) is 2.44. The van der Waals surface area contributed by atoms with Gasteiger partial charge in [0.2, 0.25) is 5.91 Å². The predicted molar refractivity (Wildman–Crippen MR) is 94.1 cm³/mol. The summed E-state index contributed by atoms with van der Waals surface area (Å²) in [7, 11) is 3.33. The first-order valence-corrected chi connectivity index (χ1v) is 8.09. The van der Waals surface area contributed by atoms with E-state index in [9.17, 15) is 4.79 Å². The Morgan fingerprint density at radius 1 is 1.17 bits per heavy atom. The molecule has 0 aliphatic carbocycles. The third kappa shape index (κ3) is 6.69. The Hall–Kier alpha value is -1.43. The van der Waals surface area contributed by atoms with E-state index >= 15 is 0 Å². The van der Waals surface area contributed by atoms with E-state index in [1.54, 1.807) is 14.2 Å². The Morgan fingerprint density at radius 3 is 2.30 bits per heavy atom. The van der Waals surface area contributed by atoms with Crippen molar-refractivity contribution in [3.8, 4) is 0 Å². The van der Waals surface area contributed by atoms with Gasteiger partial charge in [-0.25, -0.2) is 0 Å². The molecule has 1 aromatic carbocycles. The molecule has 0 spiro atoms. The fraction of sp³-hybridized carbons (Fsp3) is 0.611. The molecule has 0 aliphatic heterocycles. The molecule has 0 bridgehead atoms. The average molecular weight is 322 g/mol. The Morgan fingerprint density at radius 2 is 1.78 bits per heavy atom. The Kier molecular flexibility index (Phi) is 8.84. The standard InChI is InChI=1S/C18H30N2O3/c1-14(2)16-8-6-7-15(3)18(16)19-17(21)13-20(9-11-22-4)10-12-23-5/h6-8,14H,9-13H2,1-5H3,(H,19,21). The molecule has 5 nitrogen and oxygen atoms in total. The molecule has 0 aromatic heterocycles. The highest BCUT2D eigenvalue weighted by Gasteiger charge is 2.15. The van der Waals surface area contributed by atoms with Gasteiger partial charge in [0, 0.05) is 33.0 Å². The number of hydrogen-bond donors (Lipinski definition) is 1. The van der Waals surface area contributed by atoms with E-state index in [2.05, 4.69) is 25.2 Å². The molecule has 0 saturated heterocycles. The minimum atomic E-state index is -0.00611. The fourth-order valence-corrected chi connectivity index (χ4v) is 2.44. The summed E-state index contributed by atoms with van der Waals surface area (Å²) in [6.45, 7) is 9.23. The Balaban J connectivity index is 2.74. The van der Waals surface area contributed by atoms with Crippen molar-refractivity contribution in [1.29, 1.82) is 0 Å². The number of rotatable bonds is 10. The summed E-state index contributed by atoms with van der Waals surface area (Å²) in [6, 6.07) is 6.12. The Bertz CT molecular complexity index is 481. The summed E-state index contributed by atoms with van der Waals surface area (Å²) in [5, 5.41) is 3.08. The van der Waals surface area contributed by atoms with Crippen molar-refractivity contribution in [3.05, 3.63) is 29.3 Å². The van der Waals surface area contributed by atoms with Gasteiger partial charge in [-0.3, -0.25) is 9.69 Å². The number of amides is 1. The van der Waals surface area contributed by atoms with Crippen LogP contribution >= 0.6 is 0 Å². The number of ether oxygens (including phenoxy) is 2. The molecule has 23 heavy (non-hydrogen) atoms. The number of benzene rings is 1. The highest BCUT2D eigenvalue weighted by molar-refractivity contribution is 5.93. The van der Waals surface area contributed by atoms with Crippen LogP contribution in [0.3, 0.4) is 0 Å². The summed E-state index contributed by atoms with van der Waals surface area (Å²) in [6.07, 6.45) is 0. The summed E-state index contributed by atoms with van der Waals surface area (Å²) in [5.41, 5.74) is 3.19. The molecule has 0 saturated carbocycles. The zero-order valence-corrected chi connectivity index (χ0v) is 15.0. The van der Waals surface area contributed by atoms with E-state index in [0.717, 1.165) is 11.3 Å². The quantitative estimate of drug-likeness (QED) is 0.719. The number of hydrogen-bond acceptors (Lipinski definition) is 4. The number of para-hydroxylation sites is 1. The lowest BCUT2D eigenvalue weighted by atomic mass is 9.98. The lowest BCUT2D eigenvalue weighted by molar-refractivity contribution is -0.117. The van der Waals surface area contributed by atoms with Crippen molar-refractivity contribution >= 4 is 11.6 Å². The van der Waals surface area contributed by atoms with Gasteiger partial charge in [-0.05, 0) is 24.0 Å². The van der Waals surface area contributed by atoms with Crippen LogP contribution in [0, 0.1) is 6.92 Å². The number of aryl methyl sites for hydroxylation is 1. The van der Waals surface area contributed by atoms with Crippen molar-refractivity contribution in [2.75, 3.05) is 52.4 Å². The van der Waals surface area contributed by atoms with Crippen LogP contribution in [0.4, 0.5) is 5.69 Å². The van der Waals surface area contributed by atoms with Crippen molar-refractivity contribution in [3.63, 3.8) is 0 Å². The second-order valence-electron chi connectivity index (χ2n) is 6.00. The van der Waals surface area contributed by atoms with Crippen LogP contribution in [0.5, 0.6) is 0 Å². The second-order valence-corrected chi connectivity index (χ2v) is 6.00. The highest BCUT2D eigenvalue weighted by atomic mass is 16.5. The van der Waals surface area contributed by atoms with Crippen molar-refractivity contribution < 1.29 is 14.3 Å². The smallest absolute Gasteiger partial charge is 0.238 e. The summed E-state index contributed by atoms with van der Waals surface area (Å²) in [5.74, 6) is 0.358. The van der Waals surface area contributed by atoms with Crippen molar-refractivity contribution in [2.45, 2.75) is 26.7 Å². The molecule has 1 aromatic rings. The maximum absolute atomic E-state index is 12.4. The second kappa shape index (κ2) is 10.4. The van der Waals surface area contributed by atoms with E-state index in [0.29, 0.717) is 38.8 Å². The largest absolute Gasteiger partial charge is 0.383 e. The summed E-state index contributed by atoms with van der Waals surface area (Å²) < 4.78 is 10.2. The number of carbonyl (C=O) groups is 1. The lowest BCUT2D eigenvalue weighted by Gasteiger charge is -2.22. The molecule has 0 unspecified atom stereocenters. The van der Waals surface area contributed by atoms with Crippen LogP contribution in [0.15, 0.2) is 18.2 Å². The van der Waals surface area contributed by atoms with E-state index in [4.69, 9.17) is 9.47 Å². The van der Waals surface area contributed by atoms with Crippen LogP contribution in [0.2, 0.25) is 0 Å². The van der Waals surface area contributed by atoms with Gasteiger partial charge in [-0.1, -0.05) is 32.0 Å². The molecule has 1 N–H and O–H groups in total. The normalized spacial score (nSPS) is 11.3. The van der Waals surface area contributed by atoms with E-state index < -0.39 is 0 Å². The SMILES string of the molecule is COCCN(CCOC)CC(=O)Nc1c(C)cccc1C(C)C. The van der Waals surface area contributed by atoms with Gasteiger partial charge in [-0.15, -0.1) is 0 Å². The van der Waals surface area contributed by atoms with Gasteiger partial charge in [0.05, 0.1) is 19.8 Å². The predicted octanol–water partition coefficient (Wildman–Crippen LogP) is 2.65. The van der Waals surface area contributed by atoms with Crippen LogP contribution in [-0.2, 0) is 14.3 Å². The topological polar surface area (TPSA) is 50.8 Å². The van der Waals surface area contributed by atoms with Crippen LogP contribution < -0.4 is 5.32 Å². The molecule has 5 heteroatoms. The van der Waals surface area contributed by atoms with Gasteiger partial charge >= 0.3 is 0 Å². The number of methoxy groups -OCH3 is 2. The number of anilines is 1. The molecule has 1 amide bonds. The lowest BCUT2D eigenvalue weighted by Crippen LogP contribution is -2.37. The van der Waals surface area contributed by atoms with Crippen LogP contribution in [0.1, 0.15) is 30.9 Å². The van der Waals surface area contributed by atoms with Crippen molar-refractivity contribution in [2.24, 2.45) is 0 Å². The third-order valence-corrected chi connectivity index (χ3v) is 3.78. The van der Waals surface area contributed by atoms with Gasteiger partial charge < -0.3 is 14.8 Å². The van der Waals surface area contributed by atoms with Crippen molar-refractivity contribution in [1.82, 2.24) is 4.90 Å². The molecule has 0 radical (unpaired) electrons. The highest BCUT2D eigenvalue weighted by Crippen LogP contribution is 2.27. The zero-order valence-electron chi connectivity index (χ0n) is 15.0. The first-order chi connectivity index (χ1) is 11.0. The number of nitrogens with zero attached hydrogens (tertiary/aromatic N) is 1. The Labute approximate surface area is 140 Å². The first-order valence-electron chi connectivity index (χ1n) is 8.09. The molecule has 0 atom stereocenters. The van der Waals surface area contributed by atoms with Gasteiger partial charge in [0.25, 0.3) is 0 Å². The minimum absolute atomic E-state index is 0.00611. The molecule has 0 heterocycles. The third-order valence-electron chi connectivity index (χ3n) is 3.78. The van der Waals surface area contributed by atoms with Gasteiger partial charge in [-0.2, -0.15) is 0 Å². The molecule has 0 fully saturated rings. The van der Waals surface area contributed by atoms with E-state index in [1.807, 2.05) is 24.0 Å². The summed E-state index contributed by atoms with van der Waals surface area (Å²) in [4.78, 5) is 14.5. The molecular weight excluding hydrogens is 292 g/mol.